The Morgan fingerprint density at radius 3 is 2.86 bits per heavy atom. The molecule has 1 N–H and O–H groups in total. The van der Waals surface area contributed by atoms with E-state index in [2.05, 4.69) is 10.3 Å². The standard InChI is InChI=1S/C25H18N4O5S2/c30-23-17(11-20-24(31)29(25(35)36-20)13-16-4-3-9-32-16)22(27-21-5-1-2-8-28(21)23)26-12-15-6-7-18-19(10-15)34-14-33-18/h1-11,26H,12-14H2/b20-11-. The number of nitrogens with one attached hydrogen (secondary N) is 1. The highest BCUT2D eigenvalue weighted by atomic mass is 32.2. The number of hydrogen-bond donors (Lipinski definition) is 1. The molecule has 3 aromatic heterocycles. The SMILES string of the molecule is O=C1/C(=C/c2c(NCc3ccc4c(c3)OCO4)nc3ccccn3c2=O)SC(=S)N1Cc1ccco1. The normalized spacial score (nSPS) is 15.9. The Labute approximate surface area is 214 Å². The van der Waals surface area contributed by atoms with Crippen LogP contribution in [0.1, 0.15) is 16.9 Å². The minimum atomic E-state index is -0.301. The molecule has 0 atom stereocenters. The van der Waals surface area contributed by atoms with E-state index in [1.807, 2.05) is 24.3 Å². The first-order chi connectivity index (χ1) is 17.6. The third-order valence-electron chi connectivity index (χ3n) is 5.71. The van der Waals surface area contributed by atoms with Crippen molar-refractivity contribution in [3.63, 3.8) is 0 Å². The average Bonchev–Trinajstić information content (AvgIpc) is 3.63. The second-order valence-corrected chi connectivity index (χ2v) is 9.67. The lowest BCUT2D eigenvalue weighted by Crippen LogP contribution is -2.27. The molecule has 1 fully saturated rings. The second-order valence-electron chi connectivity index (χ2n) is 8.00. The molecule has 180 valence electrons. The number of ether oxygens (including phenoxy) is 2. The lowest BCUT2D eigenvalue weighted by Gasteiger charge is -2.12. The van der Waals surface area contributed by atoms with E-state index >= 15 is 0 Å². The zero-order valence-corrected chi connectivity index (χ0v) is 20.3. The van der Waals surface area contributed by atoms with E-state index in [1.54, 1.807) is 42.8 Å². The van der Waals surface area contributed by atoms with Gasteiger partial charge >= 0.3 is 0 Å². The lowest BCUT2D eigenvalue weighted by molar-refractivity contribution is -0.122. The van der Waals surface area contributed by atoms with Gasteiger partial charge in [0.25, 0.3) is 11.5 Å². The van der Waals surface area contributed by atoms with Crippen molar-refractivity contribution in [2.75, 3.05) is 12.1 Å². The summed E-state index contributed by atoms with van der Waals surface area (Å²) >= 11 is 6.57. The third kappa shape index (κ3) is 4.12. The molecule has 0 radical (unpaired) electrons. The van der Waals surface area contributed by atoms with Crippen molar-refractivity contribution in [3.05, 3.63) is 93.1 Å². The molecule has 0 spiro atoms. The third-order valence-corrected chi connectivity index (χ3v) is 7.09. The first-order valence-electron chi connectivity index (χ1n) is 11.0. The van der Waals surface area contributed by atoms with Gasteiger partial charge in [-0.1, -0.05) is 36.1 Å². The molecule has 1 amide bonds. The predicted octanol–water partition coefficient (Wildman–Crippen LogP) is 4.03. The number of furan rings is 1. The highest BCUT2D eigenvalue weighted by Gasteiger charge is 2.33. The van der Waals surface area contributed by atoms with Crippen LogP contribution in [0.25, 0.3) is 11.7 Å². The van der Waals surface area contributed by atoms with Crippen molar-refractivity contribution in [2.45, 2.75) is 13.1 Å². The van der Waals surface area contributed by atoms with Crippen LogP contribution in [0.3, 0.4) is 0 Å². The van der Waals surface area contributed by atoms with Gasteiger partial charge in [0, 0.05) is 12.7 Å². The summed E-state index contributed by atoms with van der Waals surface area (Å²) in [5.74, 6) is 2.05. The molecule has 0 bridgehead atoms. The van der Waals surface area contributed by atoms with Gasteiger partial charge < -0.3 is 19.2 Å². The lowest BCUT2D eigenvalue weighted by atomic mass is 10.2. The quantitative estimate of drug-likeness (QED) is 0.300. The highest BCUT2D eigenvalue weighted by Crippen LogP contribution is 2.35. The molecule has 36 heavy (non-hydrogen) atoms. The number of hydrogen-bond acceptors (Lipinski definition) is 9. The van der Waals surface area contributed by atoms with Gasteiger partial charge in [-0.3, -0.25) is 18.9 Å². The van der Waals surface area contributed by atoms with Crippen LogP contribution in [0, 0.1) is 0 Å². The van der Waals surface area contributed by atoms with Crippen LogP contribution in [0.2, 0.25) is 0 Å². The van der Waals surface area contributed by atoms with E-state index in [4.69, 9.17) is 26.1 Å². The molecule has 1 saturated heterocycles. The number of carbonyl (C=O) groups is 1. The summed E-state index contributed by atoms with van der Waals surface area (Å²) in [6, 6.07) is 14.5. The maximum absolute atomic E-state index is 13.4. The molecule has 4 aromatic rings. The fourth-order valence-corrected chi connectivity index (χ4v) is 5.17. The Balaban J connectivity index is 1.35. The molecule has 2 aliphatic heterocycles. The van der Waals surface area contributed by atoms with Crippen LogP contribution in [0.5, 0.6) is 11.5 Å². The van der Waals surface area contributed by atoms with E-state index in [0.29, 0.717) is 44.5 Å². The second kappa shape index (κ2) is 9.17. The van der Waals surface area contributed by atoms with Crippen molar-refractivity contribution in [1.82, 2.24) is 14.3 Å². The summed E-state index contributed by atoms with van der Waals surface area (Å²) in [4.78, 5) is 33.1. The van der Waals surface area contributed by atoms with Gasteiger partial charge in [-0.15, -0.1) is 0 Å². The van der Waals surface area contributed by atoms with Crippen LogP contribution in [-0.2, 0) is 17.9 Å². The number of benzene rings is 1. The number of amides is 1. The number of fused-ring (bicyclic) bond motifs is 2. The minimum Gasteiger partial charge on any atom is -0.467 e. The van der Waals surface area contributed by atoms with Crippen molar-refractivity contribution >= 4 is 51.7 Å². The van der Waals surface area contributed by atoms with Gasteiger partial charge in [0.1, 0.15) is 21.5 Å². The van der Waals surface area contributed by atoms with Crippen LogP contribution >= 0.6 is 24.0 Å². The Bertz CT molecular complexity index is 1600. The number of thiocarbonyl (C=S) groups is 1. The van der Waals surface area contributed by atoms with Crippen LogP contribution < -0.4 is 20.3 Å². The topological polar surface area (TPSA) is 98.3 Å². The molecular weight excluding hydrogens is 500 g/mol. The molecule has 6 rings (SSSR count). The summed E-state index contributed by atoms with van der Waals surface area (Å²) in [6.07, 6.45) is 4.74. The van der Waals surface area contributed by atoms with E-state index in [0.717, 1.165) is 17.3 Å². The van der Waals surface area contributed by atoms with Crippen LogP contribution in [0.4, 0.5) is 5.82 Å². The predicted molar refractivity (Wildman–Crippen MR) is 139 cm³/mol. The number of rotatable bonds is 6. The van der Waals surface area contributed by atoms with E-state index in [9.17, 15) is 9.59 Å². The molecular formula is C25H18N4O5S2. The molecule has 5 heterocycles. The summed E-state index contributed by atoms with van der Waals surface area (Å²) in [5.41, 5.74) is 1.37. The zero-order valence-electron chi connectivity index (χ0n) is 18.7. The summed E-state index contributed by atoms with van der Waals surface area (Å²) in [7, 11) is 0. The first-order valence-corrected chi connectivity index (χ1v) is 12.2. The molecule has 2 aliphatic rings. The Morgan fingerprint density at radius 2 is 2.00 bits per heavy atom. The Hall–Kier alpha value is -4.09. The molecule has 0 unspecified atom stereocenters. The summed E-state index contributed by atoms with van der Waals surface area (Å²) in [5, 5.41) is 3.25. The largest absolute Gasteiger partial charge is 0.467 e. The highest BCUT2D eigenvalue weighted by molar-refractivity contribution is 8.26. The van der Waals surface area contributed by atoms with E-state index in [1.165, 1.54) is 9.30 Å². The average molecular weight is 519 g/mol. The van der Waals surface area contributed by atoms with Gasteiger partial charge in [0.2, 0.25) is 6.79 Å². The molecule has 9 nitrogen and oxygen atoms in total. The summed E-state index contributed by atoms with van der Waals surface area (Å²) < 4.78 is 18.0. The molecule has 11 heteroatoms. The molecule has 0 aliphatic carbocycles. The Morgan fingerprint density at radius 1 is 1.11 bits per heavy atom. The van der Waals surface area contributed by atoms with Gasteiger partial charge in [-0.2, -0.15) is 0 Å². The monoisotopic (exact) mass is 518 g/mol. The van der Waals surface area contributed by atoms with Gasteiger partial charge in [0.05, 0.1) is 23.3 Å². The number of pyridine rings is 1. The number of nitrogens with zero attached hydrogens (tertiary/aromatic N) is 3. The number of carbonyl (C=O) groups excluding carboxylic acids is 1. The van der Waals surface area contributed by atoms with Gasteiger partial charge in [0.15, 0.2) is 11.5 Å². The van der Waals surface area contributed by atoms with Gasteiger partial charge in [-0.05, 0) is 48.0 Å². The summed E-state index contributed by atoms with van der Waals surface area (Å²) in [6.45, 7) is 0.795. The molecule has 1 aromatic carbocycles. The number of anilines is 1. The first kappa shape index (κ1) is 22.4. The smallest absolute Gasteiger partial charge is 0.267 e. The fourth-order valence-electron chi connectivity index (χ4n) is 3.93. The fraction of sp³-hybridized carbons (Fsp3) is 0.120. The Kier molecular flexibility index (Phi) is 5.70. The number of thioether (sulfide) groups is 1. The zero-order chi connectivity index (χ0) is 24.6. The number of aromatic nitrogens is 2. The molecule has 0 saturated carbocycles. The van der Waals surface area contributed by atoms with Crippen molar-refractivity contribution in [1.29, 1.82) is 0 Å². The van der Waals surface area contributed by atoms with Crippen molar-refractivity contribution < 1.29 is 18.7 Å². The van der Waals surface area contributed by atoms with Crippen molar-refractivity contribution in [3.8, 4) is 11.5 Å². The van der Waals surface area contributed by atoms with E-state index < -0.39 is 0 Å². The van der Waals surface area contributed by atoms with Crippen LogP contribution in [-0.4, -0.2) is 31.3 Å². The van der Waals surface area contributed by atoms with Crippen molar-refractivity contribution in [2.24, 2.45) is 0 Å². The maximum atomic E-state index is 13.4. The maximum Gasteiger partial charge on any atom is 0.267 e. The minimum absolute atomic E-state index is 0.192. The van der Waals surface area contributed by atoms with Gasteiger partial charge in [-0.25, -0.2) is 4.98 Å². The van der Waals surface area contributed by atoms with E-state index in [-0.39, 0.29) is 30.4 Å². The van der Waals surface area contributed by atoms with Crippen LogP contribution in [0.15, 0.2) is 75.1 Å².